The lowest BCUT2D eigenvalue weighted by Gasteiger charge is -2.23. The molecule has 0 atom stereocenters. The van der Waals surface area contributed by atoms with Crippen molar-refractivity contribution in [2.24, 2.45) is 0 Å². The van der Waals surface area contributed by atoms with Crippen LogP contribution in [0.1, 0.15) is 64.8 Å². The number of aromatic nitrogens is 3. The first-order valence-electron chi connectivity index (χ1n) is 9.67. The number of anilines is 1. The first-order chi connectivity index (χ1) is 13.1. The smallest absolute Gasteiger partial charge is 0.258 e. The van der Waals surface area contributed by atoms with Gasteiger partial charge in [0.25, 0.3) is 5.91 Å². The van der Waals surface area contributed by atoms with Gasteiger partial charge in [-0.3, -0.25) is 4.79 Å². The van der Waals surface area contributed by atoms with Crippen molar-refractivity contribution in [3.05, 3.63) is 57.7 Å². The van der Waals surface area contributed by atoms with Crippen LogP contribution in [-0.2, 0) is 6.54 Å². The first-order valence-corrected chi connectivity index (χ1v) is 10.6. The number of nitrogens with zero attached hydrogens (tertiary/aromatic N) is 3. The van der Waals surface area contributed by atoms with E-state index < -0.39 is 0 Å². The van der Waals surface area contributed by atoms with E-state index in [4.69, 9.17) is 0 Å². The first kappa shape index (κ1) is 18.0. The molecule has 4 rings (SSSR count). The number of nitrogens with one attached hydrogen (secondary N) is 1. The molecule has 1 aliphatic rings. The van der Waals surface area contributed by atoms with Gasteiger partial charge in [0.1, 0.15) is 5.82 Å². The van der Waals surface area contributed by atoms with Gasteiger partial charge in [-0.1, -0.05) is 25.3 Å². The van der Waals surface area contributed by atoms with Gasteiger partial charge in [-0.2, -0.15) is 5.10 Å². The molecule has 1 N–H and O–H groups in total. The Bertz CT molecular complexity index is 916. The molecule has 6 heteroatoms. The Hall–Kier alpha value is -2.34. The summed E-state index contributed by atoms with van der Waals surface area (Å²) in [4.78, 5) is 14.3. The number of hydrogen-bond acceptors (Lipinski definition) is 3. The molecule has 0 spiro atoms. The number of amides is 1. The molecule has 1 aliphatic carbocycles. The molecule has 0 aliphatic heterocycles. The Balaban J connectivity index is 1.53. The lowest BCUT2D eigenvalue weighted by molar-refractivity contribution is 0.102. The van der Waals surface area contributed by atoms with Crippen molar-refractivity contribution in [2.75, 3.05) is 5.32 Å². The van der Waals surface area contributed by atoms with E-state index in [9.17, 15) is 4.79 Å². The molecule has 27 heavy (non-hydrogen) atoms. The van der Waals surface area contributed by atoms with Crippen molar-refractivity contribution in [3.8, 4) is 0 Å². The average Bonchev–Trinajstić information content (AvgIpc) is 3.40. The summed E-state index contributed by atoms with van der Waals surface area (Å²) in [5.41, 5.74) is 2.84. The molecule has 1 fully saturated rings. The number of carbonyl (C=O) groups excluding carboxylic acids is 1. The molecule has 5 nitrogen and oxygen atoms in total. The fraction of sp³-hybridized carbons (Fsp3) is 0.429. The Kier molecular flexibility index (Phi) is 5.16. The Morgan fingerprint density at radius 3 is 2.81 bits per heavy atom. The van der Waals surface area contributed by atoms with Crippen molar-refractivity contribution in [2.45, 2.75) is 58.5 Å². The third-order valence-corrected chi connectivity index (χ3v) is 6.41. The van der Waals surface area contributed by atoms with Crippen LogP contribution in [0.5, 0.6) is 0 Å². The van der Waals surface area contributed by atoms with Gasteiger partial charge in [-0.05, 0) is 44.2 Å². The SMILES string of the molecule is Cc1cc(C(=O)Nc2ccnn2C2CCCCC2)c(C)n1Cc1cccs1. The fourth-order valence-corrected chi connectivity index (χ4v) is 4.74. The Labute approximate surface area is 164 Å². The van der Waals surface area contributed by atoms with Gasteiger partial charge >= 0.3 is 0 Å². The van der Waals surface area contributed by atoms with Gasteiger partial charge in [0.05, 0.1) is 24.3 Å². The molecule has 0 unspecified atom stereocenters. The molecular formula is C21H26N4OS. The van der Waals surface area contributed by atoms with E-state index in [1.807, 2.05) is 23.7 Å². The average molecular weight is 383 g/mol. The predicted octanol–water partition coefficient (Wildman–Crippen LogP) is 5.17. The van der Waals surface area contributed by atoms with E-state index in [1.54, 1.807) is 17.5 Å². The number of thiophene rings is 1. The minimum Gasteiger partial charge on any atom is -0.343 e. The zero-order valence-corrected chi connectivity index (χ0v) is 16.8. The zero-order chi connectivity index (χ0) is 18.8. The Morgan fingerprint density at radius 2 is 2.07 bits per heavy atom. The highest BCUT2D eigenvalue weighted by atomic mass is 32.1. The van der Waals surface area contributed by atoms with E-state index in [1.165, 1.54) is 24.1 Å². The van der Waals surface area contributed by atoms with Crippen LogP contribution in [0.2, 0.25) is 0 Å². The van der Waals surface area contributed by atoms with Gasteiger partial charge in [-0.15, -0.1) is 11.3 Å². The van der Waals surface area contributed by atoms with Crippen molar-refractivity contribution in [1.29, 1.82) is 0 Å². The molecule has 1 amide bonds. The van der Waals surface area contributed by atoms with Gasteiger partial charge < -0.3 is 9.88 Å². The van der Waals surface area contributed by atoms with Crippen LogP contribution in [0.3, 0.4) is 0 Å². The second kappa shape index (κ2) is 7.72. The quantitative estimate of drug-likeness (QED) is 0.662. The lowest BCUT2D eigenvalue weighted by atomic mass is 9.96. The van der Waals surface area contributed by atoms with Crippen molar-refractivity contribution in [3.63, 3.8) is 0 Å². The minimum absolute atomic E-state index is 0.0573. The van der Waals surface area contributed by atoms with Gasteiger partial charge in [-0.25, -0.2) is 4.68 Å². The van der Waals surface area contributed by atoms with E-state index in [-0.39, 0.29) is 5.91 Å². The third kappa shape index (κ3) is 3.72. The second-order valence-corrected chi connectivity index (χ2v) is 8.39. The van der Waals surface area contributed by atoms with Crippen LogP contribution < -0.4 is 5.32 Å². The maximum absolute atomic E-state index is 13.0. The van der Waals surface area contributed by atoms with Crippen molar-refractivity contribution >= 4 is 23.1 Å². The molecule has 1 saturated carbocycles. The maximum atomic E-state index is 13.0. The largest absolute Gasteiger partial charge is 0.343 e. The monoisotopic (exact) mass is 382 g/mol. The number of carbonyl (C=O) groups is 1. The summed E-state index contributed by atoms with van der Waals surface area (Å²) < 4.78 is 4.21. The number of aryl methyl sites for hydroxylation is 1. The summed E-state index contributed by atoms with van der Waals surface area (Å²) in [6.45, 7) is 4.89. The normalized spacial score (nSPS) is 15.2. The molecular weight excluding hydrogens is 356 g/mol. The van der Waals surface area contributed by atoms with Crippen LogP contribution in [0.25, 0.3) is 0 Å². The highest BCUT2D eigenvalue weighted by molar-refractivity contribution is 7.09. The van der Waals surface area contributed by atoms with Crippen LogP contribution in [0.4, 0.5) is 5.82 Å². The van der Waals surface area contributed by atoms with Gasteiger partial charge in [0.2, 0.25) is 0 Å². The highest BCUT2D eigenvalue weighted by Crippen LogP contribution is 2.30. The Morgan fingerprint density at radius 1 is 1.26 bits per heavy atom. The summed E-state index contributed by atoms with van der Waals surface area (Å²) >= 11 is 1.74. The van der Waals surface area contributed by atoms with E-state index >= 15 is 0 Å². The molecule has 0 bridgehead atoms. The molecule has 3 aromatic rings. The molecule has 3 heterocycles. The summed E-state index contributed by atoms with van der Waals surface area (Å²) in [7, 11) is 0. The van der Waals surface area contributed by atoms with E-state index in [0.29, 0.717) is 6.04 Å². The number of rotatable bonds is 5. The molecule has 3 aromatic heterocycles. The van der Waals surface area contributed by atoms with Crippen molar-refractivity contribution < 1.29 is 4.79 Å². The summed E-state index contributed by atoms with van der Waals surface area (Å²) in [6.07, 6.45) is 7.84. The molecule has 142 valence electrons. The van der Waals surface area contributed by atoms with Crippen LogP contribution in [0.15, 0.2) is 35.8 Å². The predicted molar refractivity (Wildman–Crippen MR) is 110 cm³/mol. The fourth-order valence-electron chi connectivity index (χ4n) is 4.05. The van der Waals surface area contributed by atoms with Gasteiger partial charge in [0.15, 0.2) is 0 Å². The third-order valence-electron chi connectivity index (χ3n) is 5.54. The van der Waals surface area contributed by atoms with E-state index in [0.717, 1.165) is 42.2 Å². The maximum Gasteiger partial charge on any atom is 0.258 e. The van der Waals surface area contributed by atoms with Crippen LogP contribution in [0, 0.1) is 13.8 Å². The molecule has 0 aromatic carbocycles. The lowest BCUT2D eigenvalue weighted by Crippen LogP contribution is -2.20. The van der Waals surface area contributed by atoms with E-state index in [2.05, 4.69) is 39.4 Å². The standard InChI is InChI=1S/C21H26N4OS/c1-15-13-19(16(2)24(15)14-18-9-6-12-27-18)21(26)23-20-10-11-22-25(20)17-7-4-3-5-8-17/h6,9-13,17H,3-5,7-8,14H2,1-2H3,(H,23,26). The summed E-state index contributed by atoms with van der Waals surface area (Å²) in [6, 6.07) is 8.48. The van der Waals surface area contributed by atoms with Crippen LogP contribution in [-0.4, -0.2) is 20.3 Å². The second-order valence-electron chi connectivity index (χ2n) is 7.36. The van der Waals surface area contributed by atoms with Crippen molar-refractivity contribution in [1.82, 2.24) is 14.3 Å². The van der Waals surface area contributed by atoms with Gasteiger partial charge in [0, 0.05) is 22.3 Å². The highest BCUT2D eigenvalue weighted by Gasteiger charge is 2.21. The molecule has 0 saturated heterocycles. The molecule has 0 radical (unpaired) electrons. The zero-order valence-electron chi connectivity index (χ0n) is 15.9. The summed E-state index contributed by atoms with van der Waals surface area (Å²) in [5.74, 6) is 0.744. The minimum atomic E-state index is -0.0573. The summed E-state index contributed by atoms with van der Waals surface area (Å²) in [5, 5.41) is 9.66. The topological polar surface area (TPSA) is 51.9 Å². The number of hydrogen-bond donors (Lipinski definition) is 1. The van der Waals surface area contributed by atoms with Crippen LogP contribution >= 0.6 is 11.3 Å².